The van der Waals surface area contributed by atoms with E-state index in [9.17, 15) is 26.2 Å². The van der Waals surface area contributed by atoms with Crippen molar-refractivity contribution in [1.29, 1.82) is 0 Å². The fourth-order valence-corrected chi connectivity index (χ4v) is 7.25. The standard InChI is InChI=1S/C14H12F3O3PS/c15-14(16,17)22(19,20)11-21(18,12-7-3-1-4-8-12)13-9-5-2-6-10-13/h1-10H,11H2. The second kappa shape index (κ2) is 5.89. The van der Waals surface area contributed by atoms with E-state index in [0.717, 1.165) is 0 Å². The van der Waals surface area contributed by atoms with Gasteiger partial charge in [0.2, 0.25) is 0 Å². The Labute approximate surface area is 126 Å². The first-order chi connectivity index (χ1) is 10.2. The maximum Gasteiger partial charge on any atom is 0.497 e. The summed E-state index contributed by atoms with van der Waals surface area (Å²) in [5.74, 6) is 0. The molecule has 0 saturated carbocycles. The van der Waals surface area contributed by atoms with Gasteiger partial charge < -0.3 is 4.57 Å². The van der Waals surface area contributed by atoms with Crippen molar-refractivity contribution in [2.75, 3.05) is 5.49 Å². The monoisotopic (exact) mass is 348 g/mol. The number of halogens is 3. The van der Waals surface area contributed by atoms with Gasteiger partial charge in [-0.25, -0.2) is 8.42 Å². The van der Waals surface area contributed by atoms with Crippen molar-refractivity contribution in [2.45, 2.75) is 5.51 Å². The minimum atomic E-state index is -5.51. The van der Waals surface area contributed by atoms with Crippen LogP contribution >= 0.6 is 7.14 Å². The van der Waals surface area contributed by atoms with Crippen LogP contribution in [0.3, 0.4) is 0 Å². The summed E-state index contributed by atoms with van der Waals surface area (Å²) in [5.41, 5.74) is -6.91. The summed E-state index contributed by atoms with van der Waals surface area (Å²) in [7, 11) is -9.46. The van der Waals surface area contributed by atoms with E-state index >= 15 is 0 Å². The summed E-state index contributed by atoms with van der Waals surface area (Å²) in [6.45, 7) is 0. The SMILES string of the molecule is O=P(CS(=O)(=O)C(F)(F)F)(c1ccccc1)c1ccccc1. The number of benzene rings is 2. The van der Waals surface area contributed by atoms with Gasteiger partial charge in [-0.05, 0) is 0 Å². The van der Waals surface area contributed by atoms with Crippen LogP contribution in [0.15, 0.2) is 60.7 Å². The van der Waals surface area contributed by atoms with Gasteiger partial charge in [0.15, 0.2) is 7.14 Å². The Bertz CT molecular complexity index is 744. The Morgan fingerprint density at radius 1 is 0.818 bits per heavy atom. The molecule has 0 heterocycles. The van der Waals surface area contributed by atoms with Crippen LogP contribution in [-0.4, -0.2) is 19.4 Å². The van der Waals surface area contributed by atoms with Gasteiger partial charge in [0, 0.05) is 10.6 Å². The molecule has 3 nitrogen and oxygen atoms in total. The van der Waals surface area contributed by atoms with E-state index in [1.807, 2.05) is 0 Å². The molecule has 0 aliphatic heterocycles. The zero-order valence-corrected chi connectivity index (χ0v) is 12.9. The highest BCUT2D eigenvalue weighted by molar-refractivity contribution is 8.02. The molecular weight excluding hydrogens is 336 g/mol. The lowest BCUT2D eigenvalue weighted by Gasteiger charge is -2.20. The zero-order chi connectivity index (χ0) is 16.4. The Balaban J connectivity index is 2.61. The largest absolute Gasteiger partial charge is 0.497 e. The average Bonchev–Trinajstić information content (AvgIpc) is 2.47. The first kappa shape index (κ1) is 16.8. The van der Waals surface area contributed by atoms with Gasteiger partial charge in [-0.3, -0.25) is 0 Å². The van der Waals surface area contributed by atoms with Crippen molar-refractivity contribution in [3.05, 3.63) is 60.7 Å². The van der Waals surface area contributed by atoms with E-state index in [0.29, 0.717) is 0 Å². The molecule has 0 amide bonds. The number of rotatable bonds is 4. The highest BCUT2D eigenvalue weighted by Gasteiger charge is 2.50. The number of sulfone groups is 1. The number of hydrogen-bond acceptors (Lipinski definition) is 3. The predicted molar refractivity (Wildman–Crippen MR) is 79.6 cm³/mol. The van der Waals surface area contributed by atoms with Crippen LogP contribution in [0.2, 0.25) is 0 Å². The van der Waals surface area contributed by atoms with E-state index in [1.54, 1.807) is 12.1 Å². The molecule has 0 bridgehead atoms. The second-order valence-electron chi connectivity index (χ2n) is 4.60. The lowest BCUT2D eigenvalue weighted by molar-refractivity contribution is -0.0431. The van der Waals surface area contributed by atoms with Gasteiger partial charge in [0.1, 0.15) is 5.49 Å². The Morgan fingerprint density at radius 2 is 1.18 bits per heavy atom. The Hall–Kier alpha value is -1.59. The van der Waals surface area contributed by atoms with E-state index in [4.69, 9.17) is 0 Å². The Kier molecular flexibility index (Phi) is 4.49. The predicted octanol–water partition coefficient (Wildman–Crippen LogP) is 2.89. The summed E-state index contributed by atoms with van der Waals surface area (Å²) in [4.78, 5) is 0. The molecule has 8 heteroatoms. The van der Waals surface area contributed by atoms with Crippen molar-refractivity contribution < 1.29 is 26.2 Å². The molecule has 0 atom stereocenters. The molecule has 2 aromatic rings. The van der Waals surface area contributed by atoms with Crippen LogP contribution in [0.25, 0.3) is 0 Å². The number of alkyl halides is 3. The molecule has 0 radical (unpaired) electrons. The van der Waals surface area contributed by atoms with Crippen LogP contribution in [0.1, 0.15) is 0 Å². The molecule has 0 fully saturated rings. The first-order valence-corrected chi connectivity index (χ1v) is 9.70. The van der Waals surface area contributed by atoms with Gasteiger partial charge in [-0.1, -0.05) is 60.7 Å². The maximum absolute atomic E-state index is 13.2. The minimum Gasteiger partial charge on any atom is -0.313 e. The van der Waals surface area contributed by atoms with Gasteiger partial charge in [0.25, 0.3) is 9.84 Å². The van der Waals surface area contributed by atoms with Gasteiger partial charge in [0.05, 0.1) is 0 Å². The topological polar surface area (TPSA) is 51.2 Å². The van der Waals surface area contributed by atoms with Crippen molar-refractivity contribution in [3.63, 3.8) is 0 Å². The third kappa shape index (κ3) is 3.25. The summed E-state index contributed by atoms with van der Waals surface area (Å²) in [6.07, 6.45) is 0. The highest BCUT2D eigenvalue weighted by Crippen LogP contribution is 2.47. The summed E-state index contributed by atoms with van der Waals surface area (Å²) >= 11 is 0. The molecular formula is C14H12F3O3PS. The van der Waals surface area contributed by atoms with Crippen LogP contribution < -0.4 is 10.6 Å². The zero-order valence-electron chi connectivity index (χ0n) is 11.2. The van der Waals surface area contributed by atoms with Gasteiger partial charge in [-0.15, -0.1) is 0 Å². The molecule has 0 unspecified atom stereocenters. The first-order valence-electron chi connectivity index (χ1n) is 6.16. The van der Waals surface area contributed by atoms with Crippen molar-refractivity contribution in [2.24, 2.45) is 0 Å². The molecule has 2 rings (SSSR count). The lowest BCUT2D eigenvalue weighted by atomic mass is 10.4. The Morgan fingerprint density at radius 3 is 1.50 bits per heavy atom. The molecule has 0 aliphatic rings. The van der Waals surface area contributed by atoms with Crippen LogP contribution in [-0.2, 0) is 14.4 Å². The number of hydrogen-bond donors (Lipinski definition) is 0. The van der Waals surface area contributed by atoms with Crippen molar-refractivity contribution in [1.82, 2.24) is 0 Å². The van der Waals surface area contributed by atoms with E-state index < -0.39 is 28.0 Å². The molecule has 2 aromatic carbocycles. The lowest BCUT2D eigenvalue weighted by Crippen LogP contribution is -2.31. The third-order valence-electron chi connectivity index (χ3n) is 3.05. The van der Waals surface area contributed by atoms with E-state index in [2.05, 4.69) is 0 Å². The summed E-state index contributed by atoms with van der Waals surface area (Å²) < 4.78 is 74.3. The molecule has 0 aliphatic carbocycles. The quantitative estimate of drug-likeness (QED) is 0.799. The normalized spacial score (nSPS) is 13.0. The summed E-state index contributed by atoms with van der Waals surface area (Å²) in [6, 6.07) is 14.7. The maximum atomic E-state index is 13.2. The van der Waals surface area contributed by atoms with Crippen molar-refractivity contribution >= 4 is 27.6 Å². The van der Waals surface area contributed by atoms with Gasteiger partial charge in [-0.2, -0.15) is 13.2 Å². The molecule has 0 N–H and O–H groups in total. The minimum absolute atomic E-state index is 0.0778. The summed E-state index contributed by atoms with van der Waals surface area (Å²) in [5, 5.41) is 0.156. The molecule has 118 valence electrons. The van der Waals surface area contributed by atoms with Crippen molar-refractivity contribution in [3.8, 4) is 0 Å². The van der Waals surface area contributed by atoms with Crippen LogP contribution in [0, 0.1) is 0 Å². The second-order valence-corrected chi connectivity index (χ2v) is 9.84. The molecule has 22 heavy (non-hydrogen) atoms. The third-order valence-corrected chi connectivity index (χ3v) is 8.83. The highest BCUT2D eigenvalue weighted by atomic mass is 32.2. The van der Waals surface area contributed by atoms with E-state index in [1.165, 1.54) is 48.5 Å². The molecule has 0 aromatic heterocycles. The van der Waals surface area contributed by atoms with E-state index in [-0.39, 0.29) is 10.6 Å². The van der Waals surface area contributed by atoms with Crippen LogP contribution in [0.5, 0.6) is 0 Å². The van der Waals surface area contributed by atoms with Crippen LogP contribution in [0.4, 0.5) is 13.2 Å². The average molecular weight is 348 g/mol. The molecule has 0 saturated heterocycles. The fraction of sp³-hybridized carbons (Fsp3) is 0.143. The smallest absolute Gasteiger partial charge is 0.313 e. The molecule has 0 spiro atoms. The van der Waals surface area contributed by atoms with Gasteiger partial charge >= 0.3 is 5.51 Å². The fourth-order valence-electron chi connectivity index (χ4n) is 1.95.